The summed E-state index contributed by atoms with van der Waals surface area (Å²) in [5.41, 5.74) is 1.50. The second-order valence-corrected chi connectivity index (χ2v) is 9.82. The maximum atomic E-state index is 13.2. The first-order valence-electron chi connectivity index (χ1n) is 10.6. The highest BCUT2D eigenvalue weighted by molar-refractivity contribution is 7.89. The second-order valence-electron chi connectivity index (χ2n) is 7.88. The predicted molar refractivity (Wildman–Crippen MR) is 120 cm³/mol. The van der Waals surface area contributed by atoms with Gasteiger partial charge in [-0.2, -0.15) is 4.31 Å². The summed E-state index contributed by atoms with van der Waals surface area (Å²) in [4.78, 5) is 26.2. The van der Waals surface area contributed by atoms with Crippen LogP contribution in [0, 0.1) is 11.7 Å². The molecule has 1 N–H and O–H groups in total. The Kier molecular flexibility index (Phi) is 7.63. The lowest BCUT2D eigenvalue weighted by Crippen LogP contribution is -2.43. The molecule has 1 fully saturated rings. The number of anilines is 1. The highest BCUT2D eigenvalue weighted by atomic mass is 32.2. The zero-order chi connectivity index (χ0) is 23.3. The quantitative estimate of drug-likeness (QED) is 0.686. The number of sulfonamides is 1. The summed E-state index contributed by atoms with van der Waals surface area (Å²) in [6.07, 6.45) is 1.14. The SMILES string of the molecule is CCN(Cc1cccc(NC(=O)C2CCCN(S(=O)(=O)c3ccc(F)cc3)C2)c1)C(C)=O. The highest BCUT2D eigenvalue weighted by Crippen LogP contribution is 2.25. The number of carbonyl (C=O) groups excluding carboxylic acids is 2. The van der Waals surface area contributed by atoms with Gasteiger partial charge in [-0.05, 0) is 61.7 Å². The van der Waals surface area contributed by atoms with Gasteiger partial charge in [0.25, 0.3) is 0 Å². The van der Waals surface area contributed by atoms with Crippen LogP contribution in [-0.2, 0) is 26.2 Å². The molecule has 3 rings (SSSR count). The number of rotatable bonds is 7. The first kappa shape index (κ1) is 23.9. The average molecular weight is 462 g/mol. The Bertz CT molecular complexity index is 1070. The molecule has 1 saturated heterocycles. The van der Waals surface area contributed by atoms with Crippen molar-refractivity contribution in [1.82, 2.24) is 9.21 Å². The lowest BCUT2D eigenvalue weighted by Gasteiger charge is -2.31. The summed E-state index contributed by atoms with van der Waals surface area (Å²) in [7, 11) is -3.80. The summed E-state index contributed by atoms with van der Waals surface area (Å²) in [6, 6.07) is 12.0. The van der Waals surface area contributed by atoms with Gasteiger partial charge in [0.15, 0.2) is 0 Å². The monoisotopic (exact) mass is 461 g/mol. The van der Waals surface area contributed by atoms with Crippen molar-refractivity contribution in [2.45, 2.75) is 38.1 Å². The highest BCUT2D eigenvalue weighted by Gasteiger charge is 2.33. The molecule has 1 atom stereocenters. The van der Waals surface area contributed by atoms with Crippen LogP contribution < -0.4 is 5.32 Å². The molecular formula is C23H28FN3O4S. The second kappa shape index (κ2) is 10.2. The van der Waals surface area contributed by atoms with E-state index in [4.69, 9.17) is 0 Å². The summed E-state index contributed by atoms with van der Waals surface area (Å²) in [5, 5.41) is 2.88. The summed E-state index contributed by atoms with van der Waals surface area (Å²) >= 11 is 0. The van der Waals surface area contributed by atoms with Gasteiger partial charge in [-0.15, -0.1) is 0 Å². The van der Waals surface area contributed by atoms with Crippen molar-refractivity contribution in [1.29, 1.82) is 0 Å². The van der Waals surface area contributed by atoms with Crippen molar-refractivity contribution in [3.8, 4) is 0 Å². The molecule has 1 aliphatic rings. The number of benzene rings is 2. The van der Waals surface area contributed by atoms with Gasteiger partial charge >= 0.3 is 0 Å². The van der Waals surface area contributed by atoms with Crippen LogP contribution in [0.25, 0.3) is 0 Å². The minimum Gasteiger partial charge on any atom is -0.339 e. The molecule has 2 aromatic rings. The van der Waals surface area contributed by atoms with E-state index in [1.54, 1.807) is 11.0 Å². The largest absolute Gasteiger partial charge is 0.339 e. The number of hydrogen-bond acceptors (Lipinski definition) is 4. The van der Waals surface area contributed by atoms with E-state index in [-0.39, 0.29) is 23.3 Å². The molecule has 0 bridgehead atoms. The van der Waals surface area contributed by atoms with Gasteiger partial charge in [0.1, 0.15) is 5.82 Å². The Labute approximate surface area is 188 Å². The Balaban J connectivity index is 1.67. The summed E-state index contributed by atoms with van der Waals surface area (Å²) < 4.78 is 40.2. The third kappa shape index (κ3) is 5.72. The van der Waals surface area contributed by atoms with Gasteiger partial charge in [-0.25, -0.2) is 12.8 Å². The molecule has 0 saturated carbocycles. The van der Waals surface area contributed by atoms with Crippen LogP contribution in [0.3, 0.4) is 0 Å². The van der Waals surface area contributed by atoms with Gasteiger partial charge in [0.05, 0.1) is 10.8 Å². The smallest absolute Gasteiger partial charge is 0.243 e. The fourth-order valence-corrected chi connectivity index (χ4v) is 5.31. The van der Waals surface area contributed by atoms with Crippen molar-refractivity contribution in [2.24, 2.45) is 5.92 Å². The molecule has 1 unspecified atom stereocenters. The molecule has 0 aromatic heterocycles. The third-order valence-electron chi connectivity index (χ3n) is 5.60. The van der Waals surface area contributed by atoms with Crippen molar-refractivity contribution in [2.75, 3.05) is 25.0 Å². The number of halogens is 1. The molecule has 0 aliphatic carbocycles. The molecule has 32 heavy (non-hydrogen) atoms. The molecule has 1 heterocycles. The lowest BCUT2D eigenvalue weighted by molar-refractivity contribution is -0.129. The number of carbonyl (C=O) groups is 2. The van der Waals surface area contributed by atoms with Crippen LogP contribution in [-0.4, -0.2) is 49.1 Å². The zero-order valence-corrected chi connectivity index (χ0v) is 19.1. The average Bonchev–Trinajstić information content (AvgIpc) is 2.78. The zero-order valence-electron chi connectivity index (χ0n) is 18.3. The van der Waals surface area contributed by atoms with E-state index < -0.39 is 21.8 Å². The lowest BCUT2D eigenvalue weighted by atomic mass is 9.98. The first-order valence-corrected chi connectivity index (χ1v) is 12.1. The topological polar surface area (TPSA) is 86.8 Å². The number of nitrogens with one attached hydrogen (secondary N) is 1. The van der Waals surface area contributed by atoms with Crippen molar-refractivity contribution in [3.63, 3.8) is 0 Å². The van der Waals surface area contributed by atoms with Gasteiger partial charge < -0.3 is 10.2 Å². The molecule has 2 aromatic carbocycles. The van der Waals surface area contributed by atoms with E-state index in [1.807, 2.05) is 25.1 Å². The minimum absolute atomic E-state index is 0.0126. The number of nitrogens with zero attached hydrogens (tertiary/aromatic N) is 2. The van der Waals surface area contributed by atoms with Gasteiger partial charge in [-0.3, -0.25) is 9.59 Å². The Morgan fingerprint density at radius 1 is 1.19 bits per heavy atom. The van der Waals surface area contributed by atoms with Gasteiger partial charge in [-0.1, -0.05) is 12.1 Å². The van der Waals surface area contributed by atoms with E-state index in [2.05, 4.69) is 5.32 Å². The van der Waals surface area contributed by atoms with Crippen LogP contribution in [0.2, 0.25) is 0 Å². The van der Waals surface area contributed by atoms with Crippen LogP contribution in [0.15, 0.2) is 53.4 Å². The molecule has 0 spiro atoms. The molecule has 7 nitrogen and oxygen atoms in total. The first-order chi connectivity index (χ1) is 15.2. The summed E-state index contributed by atoms with van der Waals surface area (Å²) in [5.74, 6) is -1.27. The maximum Gasteiger partial charge on any atom is 0.243 e. The van der Waals surface area contributed by atoms with E-state index >= 15 is 0 Å². The van der Waals surface area contributed by atoms with E-state index in [0.29, 0.717) is 38.2 Å². The van der Waals surface area contributed by atoms with Crippen LogP contribution in [0.5, 0.6) is 0 Å². The number of piperidine rings is 1. The van der Waals surface area contributed by atoms with Crippen LogP contribution in [0.1, 0.15) is 32.3 Å². The normalized spacial score (nSPS) is 17.0. The fraction of sp³-hybridized carbons (Fsp3) is 0.391. The molecule has 1 aliphatic heterocycles. The Morgan fingerprint density at radius 2 is 1.91 bits per heavy atom. The number of amides is 2. The standard InChI is InChI=1S/C23H28FN3O4S/c1-3-26(17(2)28)15-18-6-4-8-21(14-18)25-23(29)19-7-5-13-27(16-19)32(30,31)22-11-9-20(24)10-12-22/h4,6,8-12,14,19H,3,5,7,13,15-16H2,1-2H3,(H,25,29). The number of hydrogen-bond donors (Lipinski definition) is 1. The van der Waals surface area contributed by atoms with Gasteiger partial charge in [0.2, 0.25) is 21.8 Å². The third-order valence-corrected chi connectivity index (χ3v) is 7.48. The molecular weight excluding hydrogens is 433 g/mol. The maximum absolute atomic E-state index is 13.2. The predicted octanol–water partition coefficient (Wildman–Crippen LogP) is 3.23. The van der Waals surface area contributed by atoms with Crippen LogP contribution >= 0.6 is 0 Å². The molecule has 172 valence electrons. The fourth-order valence-electron chi connectivity index (χ4n) is 3.79. The van der Waals surface area contributed by atoms with Crippen LogP contribution in [0.4, 0.5) is 10.1 Å². The van der Waals surface area contributed by atoms with E-state index in [0.717, 1.165) is 17.7 Å². The van der Waals surface area contributed by atoms with E-state index in [9.17, 15) is 22.4 Å². The Morgan fingerprint density at radius 3 is 2.56 bits per heavy atom. The Hall–Kier alpha value is -2.78. The van der Waals surface area contributed by atoms with E-state index in [1.165, 1.54) is 23.4 Å². The molecule has 9 heteroatoms. The van der Waals surface area contributed by atoms with Crippen molar-refractivity contribution < 1.29 is 22.4 Å². The summed E-state index contributed by atoms with van der Waals surface area (Å²) in [6.45, 7) is 4.84. The van der Waals surface area contributed by atoms with Gasteiger partial charge in [0, 0.05) is 38.8 Å². The molecule has 0 radical (unpaired) electrons. The van der Waals surface area contributed by atoms with Crippen molar-refractivity contribution >= 4 is 27.5 Å². The molecule has 2 amide bonds. The van der Waals surface area contributed by atoms with Crippen molar-refractivity contribution in [3.05, 3.63) is 59.9 Å². The minimum atomic E-state index is -3.80.